The van der Waals surface area contributed by atoms with Gasteiger partial charge in [-0.05, 0) is 29.7 Å². The van der Waals surface area contributed by atoms with E-state index in [1.54, 1.807) is 6.07 Å². The van der Waals surface area contributed by atoms with E-state index in [0.29, 0.717) is 29.2 Å². The smallest absolute Gasteiger partial charge is 0.279 e. The molecule has 1 atom stereocenters. The van der Waals surface area contributed by atoms with Gasteiger partial charge in [0.2, 0.25) is 0 Å². The third-order valence-electron chi connectivity index (χ3n) is 4.45. The molecule has 0 aliphatic heterocycles. The molecule has 0 aliphatic carbocycles. The van der Waals surface area contributed by atoms with E-state index >= 15 is 0 Å². The summed E-state index contributed by atoms with van der Waals surface area (Å²) in [6, 6.07) is 15.1. The van der Waals surface area contributed by atoms with Gasteiger partial charge in [-0.25, -0.2) is 4.98 Å². The number of nitrogens with zero attached hydrogens (tertiary/aromatic N) is 1. The van der Waals surface area contributed by atoms with Crippen LogP contribution in [0, 0.1) is 0 Å². The Morgan fingerprint density at radius 2 is 1.85 bits per heavy atom. The first-order valence-electron chi connectivity index (χ1n) is 9.12. The number of rotatable bonds is 6. The first kappa shape index (κ1) is 18.8. The second-order valence-electron chi connectivity index (χ2n) is 7.13. The van der Waals surface area contributed by atoms with Crippen LogP contribution in [0.3, 0.4) is 0 Å². The molecule has 0 aliphatic rings. The number of hydrogen-bond donors (Lipinski definition) is 3. The van der Waals surface area contributed by atoms with Crippen molar-refractivity contribution < 1.29 is 9.69 Å². The molecule has 140 valence electrons. The molecule has 0 fully saturated rings. The summed E-state index contributed by atoms with van der Waals surface area (Å²) in [6.45, 7) is 4.94. The van der Waals surface area contributed by atoms with Gasteiger partial charge >= 0.3 is 0 Å². The molecule has 27 heavy (non-hydrogen) atoms. The molecule has 0 saturated heterocycles. The number of amides is 1. The topological polar surface area (TPSA) is 79.3 Å². The van der Waals surface area contributed by atoms with E-state index in [4.69, 9.17) is 0 Å². The van der Waals surface area contributed by atoms with Crippen molar-refractivity contribution in [2.45, 2.75) is 26.3 Å². The second-order valence-corrected chi connectivity index (χ2v) is 7.13. The Labute approximate surface area is 158 Å². The fourth-order valence-corrected chi connectivity index (χ4v) is 3.15. The predicted octanol–water partition coefficient (Wildman–Crippen LogP) is 1.70. The van der Waals surface area contributed by atoms with Crippen LogP contribution >= 0.6 is 0 Å². The van der Waals surface area contributed by atoms with Crippen LogP contribution in [0.5, 0.6) is 0 Å². The number of para-hydroxylation sites is 2. The van der Waals surface area contributed by atoms with Crippen LogP contribution in [0.25, 0.3) is 10.9 Å². The minimum Gasteiger partial charge on any atom is -0.323 e. The van der Waals surface area contributed by atoms with Crippen molar-refractivity contribution in [3.63, 3.8) is 0 Å². The summed E-state index contributed by atoms with van der Waals surface area (Å²) in [5.41, 5.74) is 2.48. The largest absolute Gasteiger partial charge is 0.323 e. The van der Waals surface area contributed by atoms with Crippen molar-refractivity contribution in [2.75, 3.05) is 18.9 Å². The zero-order valence-electron chi connectivity index (χ0n) is 15.9. The Hall–Kier alpha value is -2.99. The average molecular weight is 365 g/mol. The Morgan fingerprint density at radius 3 is 2.63 bits per heavy atom. The second kappa shape index (κ2) is 8.14. The molecule has 1 heterocycles. The molecule has 3 aromatic rings. The molecule has 6 heteroatoms. The maximum atomic E-state index is 12.4. The summed E-state index contributed by atoms with van der Waals surface area (Å²) in [7, 11) is 1.91. The van der Waals surface area contributed by atoms with Crippen molar-refractivity contribution in [3.8, 4) is 0 Å². The molecule has 3 rings (SSSR count). The highest BCUT2D eigenvalue weighted by Gasteiger charge is 2.15. The number of fused-ring (bicyclic) bond motifs is 1. The van der Waals surface area contributed by atoms with Crippen LogP contribution in [-0.2, 0) is 11.3 Å². The average Bonchev–Trinajstić information content (AvgIpc) is 2.61. The molecule has 0 bridgehead atoms. The van der Waals surface area contributed by atoms with Crippen molar-refractivity contribution in [3.05, 3.63) is 70.3 Å². The first-order valence-corrected chi connectivity index (χ1v) is 9.12. The summed E-state index contributed by atoms with van der Waals surface area (Å²) < 4.78 is 0. The molecule has 1 aromatic heterocycles. The molecule has 2 aromatic carbocycles. The van der Waals surface area contributed by atoms with Crippen LogP contribution < -0.4 is 15.8 Å². The lowest BCUT2D eigenvalue weighted by Crippen LogP contribution is -3.08. The number of anilines is 1. The van der Waals surface area contributed by atoms with Gasteiger partial charge in [0.25, 0.3) is 11.5 Å². The van der Waals surface area contributed by atoms with E-state index in [1.165, 1.54) is 0 Å². The van der Waals surface area contributed by atoms with Gasteiger partial charge in [0.1, 0.15) is 6.54 Å². The number of carbonyl (C=O) groups excluding carboxylic acids is 1. The normalized spacial score (nSPS) is 12.3. The molecule has 1 amide bonds. The van der Waals surface area contributed by atoms with E-state index in [0.717, 1.165) is 16.2 Å². The number of nitrogens with one attached hydrogen (secondary N) is 3. The summed E-state index contributed by atoms with van der Waals surface area (Å²) in [6.07, 6.45) is 0. The Bertz CT molecular complexity index is 1010. The van der Waals surface area contributed by atoms with Crippen LogP contribution in [0.4, 0.5) is 5.69 Å². The molecule has 0 radical (unpaired) electrons. The van der Waals surface area contributed by atoms with Crippen molar-refractivity contribution in [1.29, 1.82) is 0 Å². The van der Waals surface area contributed by atoms with E-state index in [2.05, 4.69) is 29.1 Å². The Morgan fingerprint density at radius 1 is 1.15 bits per heavy atom. The number of quaternary nitrogens is 1. The third-order valence-corrected chi connectivity index (χ3v) is 4.45. The Balaban J connectivity index is 1.67. The van der Waals surface area contributed by atoms with Crippen LogP contribution in [0.1, 0.15) is 31.2 Å². The monoisotopic (exact) mass is 365 g/mol. The maximum absolute atomic E-state index is 12.4. The van der Waals surface area contributed by atoms with Gasteiger partial charge < -0.3 is 15.2 Å². The fourth-order valence-electron chi connectivity index (χ4n) is 3.15. The van der Waals surface area contributed by atoms with Crippen LogP contribution in [0.2, 0.25) is 0 Å². The Kier molecular flexibility index (Phi) is 5.66. The van der Waals surface area contributed by atoms with Gasteiger partial charge in [-0.3, -0.25) is 9.59 Å². The number of hydrogen-bond acceptors (Lipinski definition) is 3. The molecule has 0 spiro atoms. The molecule has 3 N–H and O–H groups in total. The summed E-state index contributed by atoms with van der Waals surface area (Å²) in [5.74, 6) is 0.841. The molecular weight excluding hydrogens is 340 g/mol. The van der Waals surface area contributed by atoms with Crippen molar-refractivity contribution >= 4 is 22.5 Å². The van der Waals surface area contributed by atoms with Gasteiger partial charge in [0, 0.05) is 5.69 Å². The SMILES string of the molecule is CC(C)c1ccccc1NC(=O)C[NH+](C)Cc1nc2ccccc2c(=O)[nH]1. The highest BCUT2D eigenvalue weighted by molar-refractivity contribution is 5.92. The van der Waals surface area contributed by atoms with E-state index < -0.39 is 0 Å². The van der Waals surface area contributed by atoms with Gasteiger partial charge in [-0.1, -0.05) is 44.2 Å². The zero-order chi connectivity index (χ0) is 19.4. The van der Waals surface area contributed by atoms with Gasteiger partial charge in [-0.15, -0.1) is 0 Å². The predicted molar refractivity (Wildman–Crippen MR) is 107 cm³/mol. The highest BCUT2D eigenvalue weighted by Crippen LogP contribution is 2.23. The van der Waals surface area contributed by atoms with Gasteiger partial charge in [0.15, 0.2) is 12.4 Å². The highest BCUT2D eigenvalue weighted by atomic mass is 16.2. The molecular formula is C21H25N4O2+. The van der Waals surface area contributed by atoms with Crippen molar-refractivity contribution in [2.24, 2.45) is 0 Å². The standard InChI is InChI=1S/C21H24N4O2/c1-14(2)15-8-4-6-10-17(15)23-20(26)13-25(3)12-19-22-18-11-7-5-9-16(18)21(27)24-19/h4-11,14H,12-13H2,1-3H3,(H,23,26)(H,22,24,27)/p+1. The molecule has 1 unspecified atom stereocenters. The van der Waals surface area contributed by atoms with Crippen LogP contribution in [0.15, 0.2) is 53.3 Å². The van der Waals surface area contributed by atoms with E-state index in [1.807, 2.05) is 49.5 Å². The number of likely N-dealkylation sites (N-methyl/N-ethyl adjacent to an activating group) is 1. The number of H-pyrrole nitrogens is 1. The van der Waals surface area contributed by atoms with Gasteiger partial charge in [-0.2, -0.15) is 0 Å². The lowest BCUT2D eigenvalue weighted by Gasteiger charge is -2.16. The van der Waals surface area contributed by atoms with Crippen molar-refractivity contribution in [1.82, 2.24) is 9.97 Å². The maximum Gasteiger partial charge on any atom is 0.279 e. The van der Waals surface area contributed by atoms with Gasteiger partial charge in [0.05, 0.1) is 18.0 Å². The summed E-state index contributed by atoms with van der Waals surface area (Å²) in [4.78, 5) is 32.8. The minimum atomic E-state index is -0.154. The van der Waals surface area contributed by atoms with Crippen LogP contribution in [-0.4, -0.2) is 29.5 Å². The lowest BCUT2D eigenvalue weighted by molar-refractivity contribution is -0.885. The van der Waals surface area contributed by atoms with E-state index in [-0.39, 0.29) is 18.0 Å². The molecule has 6 nitrogen and oxygen atoms in total. The summed E-state index contributed by atoms with van der Waals surface area (Å²) in [5, 5.41) is 3.57. The molecule has 0 saturated carbocycles. The first-order chi connectivity index (χ1) is 12.9. The lowest BCUT2D eigenvalue weighted by atomic mass is 10.0. The zero-order valence-corrected chi connectivity index (χ0v) is 15.9. The number of carbonyl (C=O) groups is 1. The number of aromatic nitrogens is 2. The third kappa shape index (κ3) is 4.60. The van der Waals surface area contributed by atoms with E-state index in [9.17, 15) is 9.59 Å². The number of benzene rings is 2. The minimum absolute atomic E-state index is 0.0660. The quantitative estimate of drug-likeness (QED) is 0.622. The number of aromatic amines is 1. The fraction of sp³-hybridized carbons (Fsp3) is 0.286. The summed E-state index contributed by atoms with van der Waals surface area (Å²) >= 11 is 0.